The van der Waals surface area contributed by atoms with Crippen molar-refractivity contribution in [3.63, 3.8) is 0 Å². The van der Waals surface area contributed by atoms with Gasteiger partial charge in [0, 0.05) is 17.2 Å². The van der Waals surface area contributed by atoms with Gasteiger partial charge < -0.3 is 24.9 Å². The average Bonchev–Trinajstić information content (AvgIpc) is 3.92. The number of rotatable bonds is 12. The zero-order valence-corrected chi connectivity index (χ0v) is 24.4. The predicted octanol–water partition coefficient (Wildman–Crippen LogP) is 3.97. The normalized spacial score (nSPS) is 16.6. The maximum absolute atomic E-state index is 13.3. The van der Waals surface area contributed by atoms with Crippen molar-refractivity contribution in [2.24, 2.45) is 17.8 Å². The molecule has 0 radical (unpaired) electrons. The van der Waals surface area contributed by atoms with Crippen LogP contribution in [0.5, 0.6) is 0 Å². The molecule has 0 saturated heterocycles. The second-order valence-electron chi connectivity index (χ2n) is 11.7. The van der Waals surface area contributed by atoms with Crippen molar-refractivity contribution in [3.05, 3.63) is 48.0 Å². The van der Waals surface area contributed by atoms with Crippen LogP contribution in [-0.4, -0.2) is 69.1 Å². The van der Waals surface area contributed by atoms with Gasteiger partial charge in [0.15, 0.2) is 6.10 Å². The molecule has 2 heterocycles. The number of nitrogens with one attached hydrogen (secondary N) is 2. The van der Waals surface area contributed by atoms with Crippen molar-refractivity contribution >= 4 is 17.8 Å². The van der Waals surface area contributed by atoms with Gasteiger partial charge in [0.25, 0.3) is 11.8 Å². The van der Waals surface area contributed by atoms with Gasteiger partial charge in [0.05, 0.1) is 25.5 Å². The van der Waals surface area contributed by atoms with Crippen molar-refractivity contribution in [2.45, 2.75) is 70.4 Å². The first-order valence-corrected chi connectivity index (χ1v) is 14.4. The fraction of sp³-hybridized carbons (Fsp3) is 0.500. The topological polar surface area (TPSA) is 149 Å². The zero-order valence-electron chi connectivity index (χ0n) is 24.4. The van der Waals surface area contributed by atoms with Gasteiger partial charge in [-0.1, -0.05) is 26.0 Å². The highest BCUT2D eigenvalue weighted by atomic mass is 19.4. The number of nitrogens with zero attached hydrogens (tertiary/aromatic N) is 3. The summed E-state index contributed by atoms with van der Waals surface area (Å²) in [5, 5.41) is 19.6. The molecule has 2 atom stereocenters. The van der Waals surface area contributed by atoms with Gasteiger partial charge in [-0.15, -0.1) is 0 Å². The molecule has 1 unspecified atom stereocenters. The number of amides is 2. The third-order valence-corrected chi connectivity index (χ3v) is 7.84. The fourth-order valence-electron chi connectivity index (χ4n) is 5.06. The first-order valence-electron chi connectivity index (χ1n) is 14.4. The predicted molar refractivity (Wildman–Crippen MR) is 150 cm³/mol. The van der Waals surface area contributed by atoms with Crippen molar-refractivity contribution in [1.29, 1.82) is 0 Å². The van der Waals surface area contributed by atoms with Gasteiger partial charge in [0.2, 0.25) is 11.7 Å². The first-order chi connectivity index (χ1) is 20.8. The van der Waals surface area contributed by atoms with E-state index in [4.69, 9.17) is 9.15 Å². The molecule has 0 bridgehead atoms. The molecule has 2 aliphatic carbocycles. The molecule has 2 amide bonds. The summed E-state index contributed by atoms with van der Waals surface area (Å²) < 4.78 is 51.0. The second kappa shape index (κ2) is 12.4. The number of halogens is 3. The van der Waals surface area contributed by atoms with Gasteiger partial charge in [-0.25, -0.2) is 9.78 Å². The van der Waals surface area contributed by atoms with Crippen LogP contribution < -0.4 is 10.6 Å². The summed E-state index contributed by atoms with van der Waals surface area (Å²) in [4.78, 5) is 42.3. The number of esters is 1. The molecule has 0 spiro atoms. The number of carbonyl (C=O) groups is 3. The van der Waals surface area contributed by atoms with Gasteiger partial charge in [-0.2, -0.15) is 18.3 Å². The van der Waals surface area contributed by atoms with Crippen LogP contribution in [0.2, 0.25) is 0 Å². The number of aliphatic hydroxyl groups excluding tert-OH is 1. The smallest absolute Gasteiger partial charge is 0.416 e. The summed E-state index contributed by atoms with van der Waals surface area (Å²) in [7, 11) is 1.22. The summed E-state index contributed by atoms with van der Waals surface area (Å²) >= 11 is 0. The van der Waals surface area contributed by atoms with Crippen molar-refractivity contribution in [1.82, 2.24) is 25.4 Å². The highest BCUT2D eigenvalue weighted by molar-refractivity contribution is 5.95. The van der Waals surface area contributed by atoms with E-state index in [2.05, 4.69) is 20.7 Å². The van der Waals surface area contributed by atoms with Crippen LogP contribution in [0.25, 0.3) is 22.7 Å². The third kappa shape index (κ3) is 7.12. The maximum Gasteiger partial charge on any atom is 0.416 e. The molecular formula is C30H34F3N5O6. The Morgan fingerprint density at radius 1 is 1.07 bits per heavy atom. The van der Waals surface area contributed by atoms with Gasteiger partial charge >= 0.3 is 12.1 Å². The molecule has 3 aromatic rings. The number of aromatic nitrogens is 3. The van der Waals surface area contributed by atoms with Crippen LogP contribution in [0, 0.1) is 17.8 Å². The Hall–Kier alpha value is -4.20. The lowest BCUT2D eigenvalue weighted by atomic mass is 10.0. The van der Waals surface area contributed by atoms with Gasteiger partial charge in [-0.3, -0.25) is 14.3 Å². The summed E-state index contributed by atoms with van der Waals surface area (Å²) in [5.74, 6) is -1.42. The van der Waals surface area contributed by atoms with E-state index >= 15 is 0 Å². The molecule has 2 aliphatic rings. The summed E-state index contributed by atoms with van der Waals surface area (Å²) in [6.45, 7) is 2.54. The lowest BCUT2D eigenvalue weighted by Gasteiger charge is -2.19. The molecule has 1 aromatic carbocycles. The van der Waals surface area contributed by atoms with Gasteiger partial charge in [0.1, 0.15) is 11.7 Å². The molecule has 14 heteroatoms. The minimum Gasteiger partial charge on any atom is -0.467 e. The standard InChI is InChI=1S/C30H34F3N5O6/c1-15(2)24(29(42)43-3)35-27(41)22-13-34-28(44-22)19-6-4-5-18(11-19)20-12-21(38(37-20)14-23(39)30(31,32)33)26(40)36-25(16-7-8-16)17-9-10-17/h4-6,11-13,15-17,23-25,39H,7-10,14H2,1-3H3,(H,35,41)(H,36,40)/t23?,24-/m0/s1. The number of hydrogen-bond acceptors (Lipinski definition) is 8. The molecule has 2 saturated carbocycles. The largest absolute Gasteiger partial charge is 0.467 e. The molecule has 2 aromatic heterocycles. The highest BCUT2D eigenvalue weighted by Gasteiger charge is 2.43. The molecule has 3 N–H and O–H groups in total. The van der Waals surface area contributed by atoms with E-state index in [0.717, 1.165) is 30.4 Å². The van der Waals surface area contributed by atoms with Crippen LogP contribution in [0.15, 0.2) is 40.9 Å². The van der Waals surface area contributed by atoms with E-state index in [0.29, 0.717) is 23.0 Å². The van der Waals surface area contributed by atoms with Crippen LogP contribution >= 0.6 is 0 Å². The highest BCUT2D eigenvalue weighted by Crippen LogP contribution is 2.44. The Morgan fingerprint density at radius 3 is 2.32 bits per heavy atom. The van der Waals surface area contributed by atoms with E-state index in [-0.39, 0.29) is 35.0 Å². The number of ether oxygens (including phenoxy) is 1. The number of hydrogen-bond donors (Lipinski definition) is 3. The van der Waals surface area contributed by atoms with E-state index in [1.807, 2.05) is 0 Å². The van der Waals surface area contributed by atoms with Crippen LogP contribution in [0.1, 0.15) is 60.6 Å². The van der Waals surface area contributed by atoms with E-state index in [9.17, 15) is 32.7 Å². The summed E-state index contributed by atoms with van der Waals surface area (Å²) in [6, 6.07) is 6.99. The van der Waals surface area contributed by atoms with Gasteiger partial charge in [-0.05, 0) is 61.6 Å². The molecule has 5 rings (SSSR count). The van der Waals surface area contributed by atoms with Crippen molar-refractivity contribution < 1.29 is 41.8 Å². The van der Waals surface area contributed by atoms with Crippen molar-refractivity contribution in [3.8, 4) is 22.7 Å². The minimum absolute atomic E-state index is 0.0370. The van der Waals surface area contributed by atoms with Crippen molar-refractivity contribution in [2.75, 3.05) is 7.11 Å². The van der Waals surface area contributed by atoms with Crippen LogP contribution in [0.3, 0.4) is 0 Å². The molecule has 236 valence electrons. The second-order valence-corrected chi connectivity index (χ2v) is 11.7. The Labute approximate surface area is 251 Å². The molecule has 44 heavy (non-hydrogen) atoms. The number of alkyl halides is 3. The van der Waals surface area contributed by atoms with E-state index in [1.165, 1.54) is 19.4 Å². The fourth-order valence-corrected chi connectivity index (χ4v) is 5.06. The van der Waals surface area contributed by atoms with E-state index < -0.39 is 42.7 Å². The minimum atomic E-state index is -4.90. The monoisotopic (exact) mass is 617 g/mol. The number of benzene rings is 1. The summed E-state index contributed by atoms with van der Waals surface area (Å²) in [5.41, 5.74) is 0.962. The lowest BCUT2D eigenvalue weighted by Crippen LogP contribution is -2.44. The third-order valence-electron chi connectivity index (χ3n) is 7.84. The number of carbonyl (C=O) groups excluding carboxylic acids is 3. The Balaban J connectivity index is 1.39. The molecular weight excluding hydrogens is 583 g/mol. The average molecular weight is 618 g/mol. The Bertz CT molecular complexity index is 1510. The number of methoxy groups -OCH3 is 1. The molecule has 0 aliphatic heterocycles. The van der Waals surface area contributed by atoms with Crippen LogP contribution in [0.4, 0.5) is 13.2 Å². The SMILES string of the molecule is COC(=O)[C@@H](NC(=O)c1cnc(-c2cccc(-c3cc(C(=O)NC(C4CC4)C4CC4)n(CC(O)C(F)(F)F)n3)c2)o1)C(C)C. The Morgan fingerprint density at radius 2 is 1.73 bits per heavy atom. The number of oxazole rings is 1. The Kier molecular flexibility index (Phi) is 8.82. The first kappa shape index (κ1) is 31.2. The lowest BCUT2D eigenvalue weighted by molar-refractivity contribution is -0.208. The number of aliphatic hydroxyl groups is 1. The maximum atomic E-state index is 13.3. The zero-order chi connectivity index (χ0) is 31.8. The quantitative estimate of drug-likeness (QED) is 0.259. The summed E-state index contributed by atoms with van der Waals surface area (Å²) in [6.07, 6.45) is -2.41. The molecule has 2 fully saturated rings. The van der Waals surface area contributed by atoms with Crippen LogP contribution in [-0.2, 0) is 16.1 Å². The molecule has 11 nitrogen and oxygen atoms in total. The van der Waals surface area contributed by atoms with E-state index in [1.54, 1.807) is 38.1 Å².